The smallest absolute Gasteiger partial charge is 0.291 e. The zero-order valence-corrected chi connectivity index (χ0v) is 25.3. The van der Waals surface area contributed by atoms with Crippen LogP contribution in [-0.2, 0) is 0 Å². The van der Waals surface area contributed by atoms with E-state index in [-0.39, 0.29) is 11.4 Å². The highest BCUT2D eigenvalue weighted by molar-refractivity contribution is 5.80. The molecule has 2 aliphatic heterocycles. The molecule has 234 valence electrons. The predicted octanol–water partition coefficient (Wildman–Crippen LogP) is 7.66. The van der Waals surface area contributed by atoms with Crippen LogP contribution in [0.25, 0.3) is 23.3 Å². The maximum Gasteiger partial charge on any atom is 0.291 e. The average molecular weight is 623 g/mol. The fourth-order valence-electron chi connectivity index (χ4n) is 5.62. The lowest BCUT2D eigenvalue weighted by Crippen LogP contribution is -2.20. The zero-order chi connectivity index (χ0) is 32.4. The molecule has 2 atom stereocenters. The van der Waals surface area contributed by atoms with E-state index in [2.05, 4.69) is 0 Å². The van der Waals surface area contributed by atoms with Gasteiger partial charge in [0.25, 0.3) is 11.4 Å². The van der Waals surface area contributed by atoms with Gasteiger partial charge in [0.15, 0.2) is 23.0 Å². The second-order valence-electron chi connectivity index (χ2n) is 10.4. The first kappa shape index (κ1) is 30.2. The Balaban J connectivity index is 1.43. The fraction of sp³-hybridized carbons (Fsp3) is 0.200. The van der Waals surface area contributed by atoms with Crippen molar-refractivity contribution in [3.8, 4) is 39.9 Å². The van der Waals surface area contributed by atoms with Gasteiger partial charge in [0.1, 0.15) is 5.75 Å². The van der Waals surface area contributed by atoms with Crippen LogP contribution >= 0.6 is 0 Å². The molecule has 0 radical (unpaired) electrons. The highest BCUT2D eigenvalue weighted by Gasteiger charge is 2.37. The van der Waals surface area contributed by atoms with E-state index in [9.17, 15) is 20.2 Å². The SMILES string of the molecule is CCOc1cccc2c1OC(c1cccc(-c3ccc4c(c3OCC)OC(c3ccc(OC)cc3)C([N+](=O)[O-])=C4)c1)C([N+](=O)[O-])=C2. The van der Waals surface area contributed by atoms with Gasteiger partial charge in [-0.2, -0.15) is 0 Å². The molecule has 0 saturated carbocycles. The van der Waals surface area contributed by atoms with Crippen LogP contribution in [-0.4, -0.2) is 30.2 Å². The summed E-state index contributed by atoms with van der Waals surface area (Å²) in [5, 5.41) is 24.3. The van der Waals surface area contributed by atoms with Gasteiger partial charge in [0.2, 0.25) is 12.2 Å². The van der Waals surface area contributed by atoms with Crippen molar-refractivity contribution in [1.29, 1.82) is 0 Å². The third-order valence-corrected chi connectivity index (χ3v) is 7.70. The summed E-state index contributed by atoms with van der Waals surface area (Å²) in [5.74, 6) is 2.29. The third kappa shape index (κ3) is 5.58. The molecule has 4 aromatic carbocycles. The van der Waals surface area contributed by atoms with Crippen LogP contribution in [0.1, 0.15) is 48.3 Å². The molecule has 2 unspecified atom stereocenters. The number of para-hydroxylation sites is 1. The van der Waals surface area contributed by atoms with Crippen molar-refractivity contribution in [2.24, 2.45) is 0 Å². The Bertz CT molecular complexity index is 1880. The van der Waals surface area contributed by atoms with E-state index in [1.165, 1.54) is 12.2 Å². The molecule has 4 aromatic rings. The second-order valence-corrected chi connectivity index (χ2v) is 10.4. The van der Waals surface area contributed by atoms with E-state index >= 15 is 0 Å². The minimum atomic E-state index is -1.02. The molecule has 2 aliphatic rings. The summed E-state index contributed by atoms with van der Waals surface area (Å²) in [6.07, 6.45) is 0.986. The number of methoxy groups -OCH3 is 1. The van der Waals surface area contributed by atoms with Crippen LogP contribution in [0, 0.1) is 20.2 Å². The normalized spacial score (nSPS) is 16.4. The van der Waals surface area contributed by atoms with Gasteiger partial charge in [-0.15, -0.1) is 0 Å². The van der Waals surface area contributed by atoms with E-state index in [4.69, 9.17) is 23.7 Å². The predicted molar refractivity (Wildman–Crippen MR) is 170 cm³/mol. The number of rotatable bonds is 10. The van der Waals surface area contributed by atoms with Gasteiger partial charge >= 0.3 is 0 Å². The van der Waals surface area contributed by atoms with Gasteiger partial charge in [-0.3, -0.25) is 20.2 Å². The van der Waals surface area contributed by atoms with Crippen LogP contribution in [0.15, 0.2) is 90.3 Å². The van der Waals surface area contributed by atoms with Gasteiger partial charge in [0, 0.05) is 40.0 Å². The fourth-order valence-corrected chi connectivity index (χ4v) is 5.62. The summed E-state index contributed by atoms with van der Waals surface area (Å²) < 4.78 is 29.8. The molecule has 6 rings (SSSR count). The first-order valence-corrected chi connectivity index (χ1v) is 14.7. The molecule has 2 heterocycles. The molecule has 0 spiro atoms. The Morgan fingerprint density at radius 3 is 2.00 bits per heavy atom. The number of fused-ring (bicyclic) bond motifs is 2. The lowest BCUT2D eigenvalue weighted by molar-refractivity contribution is -0.434. The van der Waals surface area contributed by atoms with Gasteiger partial charge in [-0.05, 0) is 49.7 Å². The maximum absolute atomic E-state index is 12.2. The van der Waals surface area contributed by atoms with Crippen molar-refractivity contribution in [2.45, 2.75) is 26.1 Å². The second kappa shape index (κ2) is 12.6. The molecule has 11 heteroatoms. The molecule has 0 aliphatic carbocycles. The standard InChI is InChI=1S/C35H30N2O9/c1-4-43-30-11-7-10-24-19-29(37(40)41)32(45-33(24)30)23-9-6-8-22(18-23)27-17-14-25-20-28(36(38)39)31(46-34(25)35(27)44-5-2)21-12-15-26(42-3)16-13-21/h6-20,31-32H,4-5H2,1-3H3. The van der Waals surface area contributed by atoms with Crippen LogP contribution in [0.4, 0.5) is 0 Å². The van der Waals surface area contributed by atoms with Crippen molar-refractivity contribution < 1.29 is 33.5 Å². The minimum absolute atomic E-state index is 0.114. The molecule has 0 bridgehead atoms. The van der Waals surface area contributed by atoms with Crippen molar-refractivity contribution in [1.82, 2.24) is 0 Å². The Kier molecular flexibility index (Phi) is 8.30. The van der Waals surface area contributed by atoms with Crippen molar-refractivity contribution >= 4 is 12.2 Å². The maximum atomic E-state index is 12.2. The molecular formula is C35H30N2O9. The summed E-state index contributed by atoms with van der Waals surface area (Å²) in [6.45, 7) is 4.39. The third-order valence-electron chi connectivity index (χ3n) is 7.70. The Morgan fingerprint density at radius 1 is 0.717 bits per heavy atom. The minimum Gasteiger partial charge on any atom is -0.497 e. The van der Waals surface area contributed by atoms with Crippen LogP contribution in [0.5, 0.6) is 28.7 Å². The van der Waals surface area contributed by atoms with Crippen molar-refractivity contribution in [3.63, 3.8) is 0 Å². The number of ether oxygens (including phenoxy) is 5. The molecule has 0 fully saturated rings. The Morgan fingerprint density at radius 2 is 1.35 bits per heavy atom. The van der Waals surface area contributed by atoms with E-state index in [0.29, 0.717) is 75.3 Å². The lowest BCUT2D eigenvalue weighted by atomic mass is 9.94. The number of benzene rings is 4. The summed E-state index contributed by atoms with van der Waals surface area (Å²) in [5.41, 5.74) is 3.28. The summed E-state index contributed by atoms with van der Waals surface area (Å²) in [6, 6.07) is 22.9. The summed E-state index contributed by atoms with van der Waals surface area (Å²) >= 11 is 0. The van der Waals surface area contributed by atoms with E-state index in [1.54, 1.807) is 73.8 Å². The molecule has 0 aromatic heterocycles. The average Bonchev–Trinajstić information content (AvgIpc) is 3.07. The molecule has 11 nitrogen and oxygen atoms in total. The Labute approximate surface area is 264 Å². The molecular weight excluding hydrogens is 592 g/mol. The molecule has 0 saturated heterocycles. The van der Waals surface area contributed by atoms with Crippen LogP contribution in [0.2, 0.25) is 0 Å². The summed E-state index contributed by atoms with van der Waals surface area (Å²) in [4.78, 5) is 23.4. The van der Waals surface area contributed by atoms with Gasteiger partial charge in [0.05, 0.1) is 30.2 Å². The van der Waals surface area contributed by atoms with Gasteiger partial charge in [-0.25, -0.2) is 0 Å². The lowest BCUT2D eigenvalue weighted by Gasteiger charge is -2.26. The summed E-state index contributed by atoms with van der Waals surface area (Å²) in [7, 11) is 1.54. The van der Waals surface area contributed by atoms with E-state index < -0.39 is 22.1 Å². The molecule has 0 N–H and O–H groups in total. The van der Waals surface area contributed by atoms with Crippen molar-refractivity contribution in [3.05, 3.63) is 133 Å². The highest BCUT2D eigenvalue weighted by atomic mass is 16.6. The van der Waals surface area contributed by atoms with Gasteiger partial charge < -0.3 is 23.7 Å². The first-order chi connectivity index (χ1) is 22.3. The van der Waals surface area contributed by atoms with Crippen LogP contribution in [0.3, 0.4) is 0 Å². The Hall–Kier alpha value is -5.84. The largest absolute Gasteiger partial charge is 0.497 e. The topological polar surface area (TPSA) is 132 Å². The number of hydrogen-bond donors (Lipinski definition) is 0. The number of nitrogens with zero attached hydrogens (tertiary/aromatic N) is 2. The van der Waals surface area contributed by atoms with E-state index in [1.807, 2.05) is 26.0 Å². The molecule has 0 amide bonds. The van der Waals surface area contributed by atoms with Crippen LogP contribution < -0.4 is 23.7 Å². The quantitative estimate of drug-likeness (QED) is 0.129. The first-order valence-electron chi connectivity index (χ1n) is 14.7. The number of nitro groups is 2. The van der Waals surface area contributed by atoms with Gasteiger partial charge in [-0.1, -0.05) is 48.5 Å². The highest BCUT2D eigenvalue weighted by Crippen LogP contribution is 2.49. The van der Waals surface area contributed by atoms with E-state index in [0.717, 1.165) is 0 Å². The number of hydrogen-bond acceptors (Lipinski definition) is 9. The zero-order valence-electron chi connectivity index (χ0n) is 25.3. The monoisotopic (exact) mass is 622 g/mol. The van der Waals surface area contributed by atoms with Crippen molar-refractivity contribution in [2.75, 3.05) is 20.3 Å². The molecule has 46 heavy (non-hydrogen) atoms.